The summed E-state index contributed by atoms with van der Waals surface area (Å²) in [7, 11) is 0. The first kappa shape index (κ1) is 13.4. The van der Waals surface area contributed by atoms with E-state index in [1.54, 1.807) is 12.1 Å². The average Bonchev–Trinajstić information content (AvgIpc) is 2.48. The van der Waals surface area contributed by atoms with Crippen molar-refractivity contribution in [2.45, 2.75) is 13.0 Å². The minimum atomic E-state index is -0.262. The highest BCUT2D eigenvalue weighted by Crippen LogP contribution is 2.31. The van der Waals surface area contributed by atoms with E-state index in [0.29, 0.717) is 11.4 Å². The van der Waals surface area contributed by atoms with E-state index in [1.807, 2.05) is 25.1 Å². The molecule has 0 bridgehead atoms. The van der Waals surface area contributed by atoms with Gasteiger partial charge in [0, 0.05) is 11.7 Å². The molecular formula is C16H15FN2O2. The van der Waals surface area contributed by atoms with Crippen LogP contribution >= 0.6 is 0 Å². The molecule has 2 N–H and O–H groups in total. The van der Waals surface area contributed by atoms with Gasteiger partial charge in [-0.15, -0.1) is 0 Å². The normalized spacial score (nSPS) is 14.7. The van der Waals surface area contributed by atoms with Gasteiger partial charge in [-0.1, -0.05) is 6.07 Å². The van der Waals surface area contributed by atoms with Gasteiger partial charge in [-0.05, 0) is 48.9 Å². The third-order valence-electron chi connectivity index (χ3n) is 3.36. The summed E-state index contributed by atoms with van der Waals surface area (Å²) < 4.78 is 18.2. The number of nitrogens with one attached hydrogen (secondary N) is 2. The van der Waals surface area contributed by atoms with Crippen LogP contribution in [0.3, 0.4) is 0 Å². The topological polar surface area (TPSA) is 50.4 Å². The van der Waals surface area contributed by atoms with Gasteiger partial charge in [-0.25, -0.2) is 4.39 Å². The lowest BCUT2D eigenvalue weighted by atomic mass is 10.1. The molecule has 21 heavy (non-hydrogen) atoms. The van der Waals surface area contributed by atoms with Gasteiger partial charge in [0.2, 0.25) is 0 Å². The van der Waals surface area contributed by atoms with E-state index >= 15 is 0 Å². The highest BCUT2D eigenvalue weighted by Gasteiger charge is 2.17. The minimum absolute atomic E-state index is 0.0135. The molecule has 5 heteroatoms. The summed E-state index contributed by atoms with van der Waals surface area (Å²) in [5.74, 6) is 0.257. The predicted octanol–water partition coefficient (Wildman–Crippen LogP) is 3.33. The Morgan fingerprint density at radius 3 is 2.76 bits per heavy atom. The molecule has 1 aliphatic heterocycles. The van der Waals surface area contributed by atoms with Crippen LogP contribution in [0.4, 0.5) is 15.8 Å². The van der Waals surface area contributed by atoms with Gasteiger partial charge in [0.15, 0.2) is 6.61 Å². The molecule has 1 atom stereocenters. The lowest BCUT2D eigenvalue weighted by molar-refractivity contribution is -0.118. The van der Waals surface area contributed by atoms with Crippen LogP contribution in [0.15, 0.2) is 42.5 Å². The van der Waals surface area contributed by atoms with E-state index in [1.165, 1.54) is 12.1 Å². The SMILES string of the molecule is CC(Nc1ccc(F)cc1)c1ccc2c(c1)NC(=O)CO2. The molecule has 2 aromatic rings. The van der Waals surface area contributed by atoms with Crippen molar-refractivity contribution in [2.75, 3.05) is 17.2 Å². The standard InChI is InChI=1S/C16H15FN2O2/c1-10(18-13-5-3-12(17)4-6-13)11-2-7-15-14(8-11)19-16(20)9-21-15/h2-8,10,18H,9H2,1H3,(H,19,20). The third-order valence-corrected chi connectivity index (χ3v) is 3.36. The fourth-order valence-electron chi connectivity index (χ4n) is 2.25. The Labute approximate surface area is 121 Å². The molecule has 108 valence electrons. The number of amides is 1. The summed E-state index contributed by atoms with van der Waals surface area (Å²) in [5.41, 5.74) is 2.52. The quantitative estimate of drug-likeness (QED) is 0.910. The minimum Gasteiger partial charge on any atom is -0.482 e. The first-order valence-electron chi connectivity index (χ1n) is 6.70. The summed E-state index contributed by atoms with van der Waals surface area (Å²) in [4.78, 5) is 11.3. The van der Waals surface area contributed by atoms with Crippen molar-refractivity contribution < 1.29 is 13.9 Å². The number of hydrogen-bond donors (Lipinski definition) is 2. The fraction of sp³-hybridized carbons (Fsp3) is 0.188. The average molecular weight is 286 g/mol. The van der Waals surface area contributed by atoms with Crippen LogP contribution in [0.2, 0.25) is 0 Å². The van der Waals surface area contributed by atoms with E-state index in [-0.39, 0.29) is 24.4 Å². The van der Waals surface area contributed by atoms with E-state index < -0.39 is 0 Å². The van der Waals surface area contributed by atoms with Crippen molar-refractivity contribution in [1.29, 1.82) is 0 Å². The summed E-state index contributed by atoms with van der Waals surface area (Å²) in [5, 5.41) is 6.07. The molecule has 2 aromatic carbocycles. The number of ether oxygens (including phenoxy) is 1. The van der Waals surface area contributed by atoms with Crippen molar-refractivity contribution in [3.8, 4) is 5.75 Å². The van der Waals surface area contributed by atoms with Crippen molar-refractivity contribution in [3.05, 3.63) is 53.8 Å². The molecule has 4 nitrogen and oxygen atoms in total. The Morgan fingerprint density at radius 2 is 2.00 bits per heavy atom. The highest BCUT2D eigenvalue weighted by atomic mass is 19.1. The second-order valence-electron chi connectivity index (χ2n) is 4.97. The largest absolute Gasteiger partial charge is 0.482 e. The lowest BCUT2D eigenvalue weighted by Crippen LogP contribution is -2.25. The molecule has 1 amide bonds. The van der Waals surface area contributed by atoms with Gasteiger partial charge in [0.1, 0.15) is 11.6 Å². The molecule has 1 heterocycles. The smallest absolute Gasteiger partial charge is 0.262 e. The van der Waals surface area contributed by atoms with Crippen molar-refractivity contribution in [1.82, 2.24) is 0 Å². The van der Waals surface area contributed by atoms with Crippen LogP contribution in [0, 0.1) is 5.82 Å². The van der Waals surface area contributed by atoms with Crippen molar-refractivity contribution >= 4 is 17.3 Å². The molecule has 0 aromatic heterocycles. The van der Waals surface area contributed by atoms with Crippen LogP contribution in [-0.4, -0.2) is 12.5 Å². The highest BCUT2D eigenvalue weighted by molar-refractivity contribution is 5.95. The Morgan fingerprint density at radius 1 is 1.24 bits per heavy atom. The fourth-order valence-corrected chi connectivity index (χ4v) is 2.25. The third kappa shape index (κ3) is 2.97. The molecule has 0 saturated heterocycles. The molecule has 1 unspecified atom stereocenters. The lowest BCUT2D eigenvalue weighted by Gasteiger charge is -2.21. The summed E-state index contributed by atoms with van der Waals surface area (Å²) >= 11 is 0. The van der Waals surface area contributed by atoms with Gasteiger partial charge < -0.3 is 15.4 Å². The summed E-state index contributed by atoms with van der Waals surface area (Å²) in [6, 6.07) is 11.9. The molecule has 3 rings (SSSR count). The number of anilines is 2. The maximum atomic E-state index is 12.9. The van der Waals surface area contributed by atoms with E-state index in [2.05, 4.69) is 10.6 Å². The van der Waals surface area contributed by atoms with E-state index in [0.717, 1.165) is 11.3 Å². The van der Waals surface area contributed by atoms with E-state index in [4.69, 9.17) is 4.74 Å². The second kappa shape index (κ2) is 5.44. The number of carbonyl (C=O) groups excluding carboxylic acids is 1. The Kier molecular flexibility index (Phi) is 3.48. The zero-order valence-electron chi connectivity index (χ0n) is 11.5. The molecule has 1 aliphatic rings. The zero-order chi connectivity index (χ0) is 14.8. The molecule has 0 saturated carbocycles. The number of halogens is 1. The molecule has 0 fully saturated rings. The Balaban J connectivity index is 1.78. The van der Waals surface area contributed by atoms with Gasteiger partial charge in [0.05, 0.1) is 5.69 Å². The number of carbonyl (C=O) groups is 1. The zero-order valence-corrected chi connectivity index (χ0v) is 11.5. The van der Waals surface area contributed by atoms with Crippen LogP contribution in [0.25, 0.3) is 0 Å². The first-order valence-corrected chi connectivity index (χ1v) is 6.70. The number of benzene rings is 2. The second-order valence-corrected chi connectivity index (χ2v) is 4.97. The Bertz CT molecular complexity index is 670. The maximum absolute atomic E-state index is 12.9. The summed E-state index contributed by atoms with van der Waals surface area (Å²) in [6.07, 6.45) is 0. The summed E-state index contributed by atoms with van der Waals surface area (Å²) in [6.45, 7) is 2.05. The van der Waals surface area contributed by atoms with Gasteiger partial charge in [-0.2, -0.15) is 0 Å². The maximum Gasteiger partial charge on any atom is 0.262 e. The van der Waals surface area contributed by atoms with Crippen molar-refractivity contribution in [3.63, 3.8) is 0 Å². The first-order chi connectivity index (χ1) is 10.1. The number of rotatable bonds is 3. The van der Waals surface area contributed by atoms with Crippen molar-refractivity contribution in [2.24, 2.45) is 0 Å². The molecule has 0 radical (unpaired) electrons. The van der Waals surface area contributed by atoms with Crippen LogP contribution < -0.4 is 15.4 Å². The predicted molar refractivity (Wildman–Crippen MR) is 79.0 cm³/mol. The van der Waals surface area contributed by atoms with E-state index in [9.17, 15) is 9.18 Å². The number of hydrogen-bond acceptors (Lipinski definition) is 3. The molecule has 0 aliphatic carbocycles. The molecule has 0 spiro atoms. The molecular weight excluding hydrogens is 271 g/mol. The van der Waals surface area contributed by atoms with Crippen LogP contribution in [0.1, 0.15) is 18.5 Å². The van der Waals surface area contributed by atoms with Crippen LogP contribution in [0.5, 0.6) is 5.75 Å². The van der Waals surface area contributed by atoms with Gasteiger partial charge in [-0.3, -0.25) is 4.79 Å². The number of fused-ring (bicyclic) bond motifs is 1. The van der Waals surface area contributed by atoms with Gasteiger partial charge >= 0.3 is 0 Å². The van der Waals surface area contributed by atoms with Gasteiger partial charge in [0.25, 0.3) is 5.91 Å². The van der Waals surface area contributed by atoms with Crippen LogP contribution in [-0.2, 0) is 4.79 Å². The monoisotopic (exact) mass is 286 g/mol. The Hall–Kier alpha value is -2.56.